The molecule has 0 radical (unpaired) electrons. The van der Waals surface area contributed by atoms with Gasteiger partial charge in [-0.05, 0) is 75.3 Å². The third-order valence-corrected chi connectivity index (χ3v) is 5.39. The van der Waals surface area contributed by atoms with Gasteiger partial charge in [0.2, 0.25) is 5.89 Å². The van der Waals surface area contributed by atoms with Gasteiger partial charge in [-0.1, -0.05) is 17.6 Å². The molecule has 0 spiro atoms. The van der Waals surface area contributed by atoms with Gasteiger partial charge in [0, 0.05) is 17.8 Å². The lowest BCUT2D eigenvalue weighted by molar-refractivity contribution is 0.102. The largest absolute Gasteiger partial charge is 0.403 e. The van der Waals surface area contributed by atoms with Crippen LogP contribution in [0.15, 0.2) is 46.9 Å². The number of hydrogen-bond acceptors (Lipinski definition) is 6. The smallest absolute Gasteiger partial charge is 0.315 e. The molecule has 7 nitrogen and oxygen atoms in total. The number of benzene rings is 2. The highest BCUT2D eigenvalue weighted by atomic mass is 19.2. The zero-order valence-corrected chi connectivity index (χ0v) is 17.6. The molecule has 0 atom stereocenters. The van der Waals surface area contributed by atoms with E-state index < -0.39 is 17.5 Å². The van der Waals surface area contributed by atoms with Crippen LogP contribution in [0.2, 0.25) is 0 Å². The number of likely N-dealkylation sites (tertiary alicyclic amines) is 1. The first-order valence-electron chi connectivity index (χ1n) is 10.8. The predicted octanol–water partition coefficient (Wildman–Crippen LogP) is 4.56. The van der Waals surface area contributed by atoms with E-state index >= 15 is 0 Å². The van der Waals surface area contributed by atoms with Crippen molar-refractivity contribution in [2.45, 2.75) is 25.7 Å². The van der Waals surface area contributed by atoms with Gasteiger partial charge in [0.15, 0.2) is 11.6 Å². The summed E-state index contributed by atoms with van der Waals surface area (Å²) in [5.74, 6) is -2.63. The fourth-order valence-corrected chi connectivity index (χ4v) is 3.67. The molecule has 1 fully saturated rings. The summed E-state index contributed by atoms with van der Waals surface area (Å²) >= 11 is 0. The number of aromatic nitrogens is 2. The van der Waals surface area contributed by atoms with E-state index in [-0.39, 0.29) is 5.56 Å². The predicted molar refractivity (Wildman–Crippen MR) is 117 cm³/mol. The van der Waals surface area contributed by atoms with Gasteiger partial charge < -0.3 is 20.0 Å². The van der Waals surface area contributed by atoms with E-state index in [2.05, 4.69) is 25.7 Å². The molecule has 0 unspecified atom stereocenters. The number of carbonyl (C=O) groups excluding carboxylic acids is 1. The Kier molecular flexibility index (Phi) is 7.06. The highest BCUT2D eigenvalue weighted by Crippen LogP contribution is 2.22. The SMILES string of the molecule is O=C(Nc1ccc(-c2nnc(NCCCN3CCCCC3)o2)cc1)c1cccc(F)c1F. The zero-order chi connectivity index (χ0) is 22.3. The molecule has 2 aromatic carbocycles. The van der Waals surface area contributed by atoms with Crippen molar-refractivity contribution in [3.63, 3.8) is 0 Å². The molecule has 1 saturated heterocycles. The van der Waals surface area contributed by atoms with Gasteiger partial charge in [0.25, 0.3) is 5.91 Å². The van der Waals surface area contributed by atoms with E-state index in [1.54, 1.807) is 24.3 Å². The molecule has 4 rings (SSSR count). The third kappa shape index (κ3) is 5.47. The summed E-state index contributed by atoms with van der Waals surface area (Å²) in [5.41, 5.74) is 0.744. The second-order valence-corrected chi connectivity index (χ2v) is 7.73. The van der Waals surface area contributed by atoms with E-state index in [4.69, 9.17) is 4.42 Å². The first-order chi connectivity index (χ1) is 15.6. The second-order valence-electron chi connectivity index (χ2n) is 7.73. The lowest BCUT2D eigenvalue weighted by Crippen LogP contribution is -2.31. The summed E-state index contributed by atoms with van der Waals surface area (Å²) in [6.45, 7) is 4.16. The Morgan fingerprint density at radius 3 is 2.59 bits per heavy atom. The van der Waals surface area contributed by atoms with Crippen molar-refractivity contribution >= 4 is 17.6 Å². The number of anilines is 2. The van der Waals surface area contributed by atoms with Gasteiger partial charge in [0.1, 0.15) is 0 Å². The Bertz CT molecular complexity index is 1050. The monoisotopic (exact) mass is 441 g/mol. The topological polar surface area (TPSA) is 83.3 Å². The Morgan fingerprint density at radius 2 is 1.81 bits per heavy atom. The number of piperidine rings is 1. The van der Waals surface area contributed by atoms with Crippen LogP contribution in [0.1, 0.15) is 36.0 Å². The van der Waals surface area contributed by atoms with Crippen molar-refractivity contribution in [3.05, 3.63) is 59.7 Å². The molecular formula is C23H25F2N5O2. The molecule has 32 heavy (non-hydrogen) atoms. The van der Waals surface area contributed by atoms with Gasteiger partial charge >= 0.3 is 6.01 Å². The van der Waals surface area contributed by atoms with Crippen LogP contribution in [-0.4, -0.2) is 47.2 Å². The second kappa shape index (κ2) is 10.3. The lowest BCUT2D eigenvalue weighted by atomic mass is 10.1. The molecule has 1 aliphatic heterocycles. The molecule has 1 aliphatic rings. The minimum Gasteiger partial charge on any atom is -0.403 e. The van der Waals surface area contributed by atoms with E-state index in [1.807, 2.05) is 0 Å². The number of amides is 1. The molecule has 2 N–H and O–H groups in total. The zero-order valence-electron chi connectivity index (χ0n) is 17.6. The molecule has 3 aromatic rings. The van der Waals surface area contributed by atoms with Gasteiger partial charge in [-0.15, -0.1) is 5.10 Å². The van der Waals surface area contributed by atoms with Crippen molar-refractivity contribution in [1.29, 1.82) is 0 Å². The van der Waals surface area contributed by atoms with Crippen LogP contribution in [0.5, 0.6) is 0 Å². The number of nitrogens with one attached hydrogen (secondary N) is 2. The van der Waals surface area contributed by atoms with E-state index in [0.29, 0.717) is 23.2 Å². The average molecular weight is 441 g/mol. The molecule has 1 aromatic heterocycles. The maximum Gasteiger partial charge on any atom is 0.315 e. The lowest BCUT2D eigenvalue weighted by Gasteiger charge is -2.26. The highest BCUT2D eigenvalue weighted by Gasteiger charge is 2.16. The minimum atomic E-state index is -1.18. The highest BCUT2D eigenvalue weighted by molar-refractivity contribution is 6.04. The van der Waals surface area contributed by atoms with E-state index in [1.165, 1.54) is 44.5 Å². The summed E-state index contributed by atoms with van der Waals surface area (Å²) in [5, 5.41) is 13.8. The molecule has 9 heteroatoms. The van der Waals surface area contributed by atoms with Gasteiger partial charge in [0.05, 0.1) is 5.56 Å². The van der Waals surface area contributed by atoms with E-state index in [0.717, 1.165) is 25.6 Å². The number of nitrogens with zero attached hydrogens (tertiary/aromatic N) is 3. The first-order valence-corrected chi connectivity index (χ1v) is 10.8. The van der Waals surface area contributed by atoms with Gasteiger partial charge in [-0.3, -0.25) is 4.79 Å². The Labute approximate surface area is 184 Å². The van der Waals surface area contributed by atoms with Crippen LogP contribution in [0, 0.1) is 11.6 Å². The summed E-state index contributed by atoms with van der Waals surface area (Å²) in [7, 11) is 0. The summed E-state index contributed by atoms with van der Waals surface area (Å²) in [6, 6.07) is 10.5. The quantitative estimate of drug-likeness (QED) is 0.499. The Morgan fingerprint density at radius 1 is 1.03 bits per heavy atom. The van der Waals surface area contributed by atoms with Crippen molar-refractivity contribution < 1.29 is 18.0 Å². The van der Waals surface area contributed by atoms with Crippen LogP contribution in [0.3, 0.4) is 0 Å². The van der Waals surface area contributed by atoms with Crippen molar-refractivity contribution in [2.24, 2.45) is 0 Å². The number of rotatable bonds is 8. The summed E-state index contributed by atoms with van der Waals surface area (Å²) in [4.78, 5) is 14.7. The maximum absolute atomic E-state index is 13.8. The fourth-order valence-electron chi connectivity index (χ4n) is 3.67. The van der Waals surface area contributed by atoms with Crippen LogP contribution in [0.25, 0.3) is 11.5 Å². The van der Waals surface area contributed by atoms with Crippen molar-refractivity contribution in [2.75, 3.05) is 36.8 Å². The molecule has 0 saturated carbocycles. The summed E-state index contributed by atoms with van der Waals surface area (Å²) in [6.07, 6.45) is 4.89. The number of hydrogen-bond donors (Lipinski definition) is 2. The average Bonchev–Trinajstić information content (AvgIpc) is 3.29. The van der Waals surface area contributed by atoms with Gasteiger partial charge in [-0.25, -0.2) is 8.78 Å². The number of carbonyl (C=O) groups is 1. The Balaban J connectivity index is 1.29. The molecule has 0 bridgehead atoms. The van der Waals surface area contributed by atoms with Crippen LogP contribution in [-0.2, 0) is 0 Å². The molecule has 2 heterocycles. The van der Waals surface area contributed by atoms with Crippen LogP contribution >= 0.6 is 0 Å². The van der Waals surface area contributed by atoms with Crippen LogP contribution < -0.4 is 10.6 Å². The first kappa shape index (κ1) is 21.9. The normalized spacial score (nSPS) is 14.3. The maximum atomic E-state index is 13.8. The van der Waals surface area contributed by atoms with E-state index in [9.17, 15) is 13.6 Å². The van der Waals surface area contributed by atoms with Crippen molar-refractivity contribution in [1.82, 2.24) is 15.1 Å². The van der Waals surface area contributed by atoms with Gasteiger partial charge in [-0.2, -0.15) is 0 Å². The third-order valence-electron chi connectivity index (χ3n) is 5.39. The fraction of sp³-hybridized carbons (Fsp3) is 0.348. The minimum absolute atomic E-state index is 0.345. The standard InChI is InChI=1S/C23H25F2N5O2/c24-19-7-4-6-18(20(19)25)21(31)27-17-10-8-16(9-11-17)22-28-29-23(32-22)26-12-5-15-30-13-2-1-3-14-30/h4,6-11H,1-3,5,12-15H2,(H,26,29)(H,27,31). The summed E-state index contributed by atoms with van der Waals surface area (Å²) < 4.78 is 32.8. The molecule has 1 amide bonds. The molecule has 0 aliphatic carbocycles. The van der Waals surface area contributed by atoms with Crippen molar-refractivity contribution in [3.8, 4) is 11.5 Å². The van der Waals surface area contributed by atoms with Crippen LogP contribution in [0.4, 0.5) is 20.5 Å². The molecule has 168 valence electrons. The number of halogens is 2. The molecular weight excluding hydrogens is 416 g/mol. The Hall–Kier alpha value is -3.33.